The molecule has 0 unspecified atom stereocenters. The predicted octanol–water partition coefficient (Wildman–Crippen LogP) is 1.70. The van der Waals surface area contributed by atoms with E-state index in [1.54, 1.807) is 19.1 Å². The van der Waals surface area contributed by atoms with Crippen molar-refractivity contribution in [2.24, 2.45) is 5.73 Å². The van der Waals surface area contributed by atoms with Gasteiger partial charge in [-0.05, 0) is 31.2 Å². The summed E-state index contributed by atoms with van der Waals surface area (Å²) in [4.78, 5) is 19.0. The number of ether oxygens (including phenoxy) is 1. The van der Waals surface area contributed by atoms with Crippen LogP contribution >= 0.6 is 0 Å². The van der Waals surface area contributed by atoms with E-state index in [9.17, 15) is 9.18 Å². The number of halogens is 1. The van der Waals surface area contributed by atoms with E-state index in [0.29, 0.717) is 17.0 Å². The maximum Gasteiger partial charge on any atom is 0.286 e. The second-order valence-electron chi connectivity index (χ2n) is 3.93. The molecule has 98 valence electrons. The van der Waals surface area contributed by atoms with Crippen LogP contribution in [-0.2, 0) is 0 Å². The van der Waals surface area contributed by atoms with Gasteiger partial charge in [0.1, 0.15) is 0 Å². The first kappa shape index (κ1) is 12.9. The fraction of sp³-hybridized carbons (Fsp3) is 0.154. The Hall–Kier alpha value is -2.50. The molecule has 0 aliphatic heterocycles. The zero-order chi connectivity index (χ0) is 14.0. The van der Waals surface area contributed by atoms with Gasteiger partial charge in [0.25, 0.3) is 5.91 Å². The van der Waals surface area contributed by atoms with E-state index in [4.69, 9.17) is 10.5 Å². The average molecular weight is 261 g/mol. The normalized spacial score (nSPS) is 10.3. The molecule has 0 radical (unpaired) electrons. The van der Waals surface area contributed by atoms with Crippen molar-refractivity contribution in [2.45, 2.75) is 6.92 Å². The molecule has 2 rings (SSSR count). The lowest BCUT2D eigenvalue weighted by Crippen LogP contribution is -2.16. The van der Waals surface area contributed by atoms with Crippen LogP contribution in [0.3, 0.4) is 0 Å². The molecule has 6 heteroatoms. The van der Waals surface area contributed by atoms with Crippen LogP contribution in [0.1, 0.15) is 16.3 Å². The number of aromatic nitrogens is 2. The molecule has 1 heterocycles. The van der Waals surface area contributed by atoms with E-state index in [-0.39, 0.29) is 11.6 Å². The van der Waals surface area contributed by atoms with Gasteiger partial charge in [-0.3, -0.25) is 4.79 Å². The van der Waals surface area contributed by atoms with Gasteiger partial charge in [-0.25, -0.2) is 14.4 Å². The van der Waals surface area contributed by atoms with Gasteiger partial charge in [0.15, 0.2) is 11.6 Å². The Morgan fingerprint density at radius 3 is 2.63 bits per heavy atom. The van der Waals surface area contributed by atoms with Crippen molar-refractivity contribution in [2.75, 3.05) is 7.11 Å². The summed E-state index contributed by atoms with van der Waals surface area (Å²) in [6, 6.07) is 6.07. The monoisotopic (exact) mass is 261 g/mol. The molecular weight excluding hydrogens is 249 g/mol. The minimum Gasteiger partial charge on any atom is -0.494 e. The number of rotatable bonds is 3. The van der Waals surface area contributed by atoms with E-state index in [0.717, 1.165) is 0 Å². The van der Waals surface area contributed by atoms with Gasteiger partial charge >= 0.3 is 0 Å². The van der Waals surface area contributed by atoms with Crippen molar-refractivity contribution in [3.8, 4) is 17.0 Å². The highest BCUT2D eigenvalue weighted by atomic mass is 19.1. The Labute approximate surface area is 109 Å². The highest BCUT2D eigenvalue weighted by Crippen LogP contribution is 2.24. The Kier molecular flexibility index (Phi) is 3.41. The molecule has 0 bridgehead atoms. The third-order valence-corrected chi connectivity index (χ3v) is 2.52. The highest BCUT2D eigenvalue weighted by molar-refractivity contribution is 5.89. The molecule has 0 fully saturated rings. The van der Waals surface area contributed by atoms with Gasteiger partial charge in [-0.2, -0.15) is 0 Å². The molecule has 0 aliphatic carbocycles. The molecule has 0 atom stereocenters. The average Bonchev–Trinajstić information content (AvgIpc) is 2.37. The van der Waals surface area contributed by atoms with E-state index in [2.05, 4.69) is 9.97 Å². The van der Waals surface area contributed by atoms with Crippen molar-refractivity contribution >= 4 is 5.91 Å². The summed E-state index contributed by atoms with van der Waals surface area (Å²) >= 11 is 0. The molecule has 2 aromatic rings. The Bertz CT molecular complexity index is 644. The van der Waals surface area contributed by atoms with Gasteiger partial charge in [-0.1, -0.05) is 0 Å². The van der Waals surface area contributed by atoms with Gasteiger partial charge in [-0.15, -0.1) is 0 Å². The first-order valence-corrected chi connectivity index (χ1v) is 5.50. The van der Waals surface area contributed by atoms with Gasteiger partial charge in [0, 0.05) is 11.3 Å². The first-order chi connectivity index (χ1) is 9.01. The number of hydrogen-bond donors (Lipinski definition) is 1. The fourth-order valence-electron chi connectivity index (χ4n) is 1.65. The van der Waals surface area contributed by atoms with Crippen LogP contribution in [0.2, 0.25) is 0 Å². The predicted molar refractivity (Wildman–Crippen MR) is 67.2 cm³/mol. The topological polar surface area (TPSA) is 78.1 Å². The third-order valence-electron chi connectivity index (χ3n) is 2.52. The van der Waals surface area contributed by atoms with E-state index in [1.807, 2.05) is 0 Å². The number of carbonyl (C=O) groups excluding carboxylic acids is 1. The lowest BCUT2D eigenvalue weighted by Gasteiger charge is -2.06. The SMILES string of the molecule is COc1ccc(-c2cc(C)nc(C(N)=O)n2)cc1F. The first-order valence-electron chi connectivity index (χ1n) is 5.50. The maximum atomic E-state index is 13.6. The molecular formula is C13H12FN3O2. The van der Waals surface area contributed by atoms with E-state index in [1.165, 1.54) is 19.2 Å². The quantitative estimate of drug-likeness (QED) is 0.912. The summed E-state index contributed by atoms with van der Waals surface area (Å²) in [5, 5.41) is 0. The van der Waals surface area contributed by atoms with Crippen LogP contribution in [0.5, 0.6) is 5.75 Å². The van der Waals surface area contributed by atoms with Crippen LogP contribution < -0.4 is 10.5 Å². The zero-order valence-electron chi connectivity index (χ0n) is 10.5. The summed E-state index contributed by atoms with van der Waals surface area (Å²) in [5.74, 6) is -1.17. The van der Waals surface area contributed by atoms with Crippen molar-refractivity contribution in [1.29, 1.82) is 0 Å². The number of carbonyl (C=O) groups is 1. The van der Waals surface area contributed by atoms with Crippen LogP contribution in [0.15, 0.2) is 24.3 Å². The minimum absolute atomic E-state index is 0.0915. The van der Waals surface area contributed by atoms with Gasteiger partial charge < -0.3 is 10.5 Å². The van der Waals surface area contributed by atoms with Crippen LogP contribution in [0.4, 0.5) is 4.39 Å². The molecule has 0 aliphatic rings. The molecule has 1 aromatic heterocycles. The van der Waals surface area contributed by atoms with Gasteiger partial charge in [0.2, 0.25) is 5.82 Å². The Morgan fingerprint density at radius 1 is 1.32 bits per heavy atom. The maximum absolute atomic E-state index is 13.6. The number of methoxy groups -OCH3 is 1. The highest BCUT2D eigenvalue weighted by Gasteiger charge is 2.11. The number of benzene rings is 1. The smallest absolute Gasteiger partial charge is 0.286 e. The van der Waals surface area contributed by atoms with Crippen molar-refractivity contribution in [3.63, 3.8) is 0 Å². The lowest BCUT2D eigenvalue weighted by molar-refractivity contribution is 0.0990. The van der Waals surface area contributed by atoms with Crippen LogP contribution in [0, 0.1) is 12.7 Å². The summed E-state index contributed by atoms with van der Waals surface area (Å²) in [5.41, 5.74) is 6.68. The second-order valence-corrected chi connectivity index (χ2v) is 3.93. The Morgan fingerprint density at radius 2 is 2.05 bits per heavy atom. The molecule has 1 aromatic carbocycles. The molecule has 0 saturated heterocycles. The number of nitrogens with two attached hydrogens (primary N) is 1. The number of hydrogen-bond acceptors (Lipinski definition) is 4. The number of nitrogens with zero attached hydrogens (tertiary/aromatic N) is 2. The standard InChI is InChI=1S/C13H12FN3O2/c1-7-5-10(17-13(16-7)12(15)18)8-3-4-11(19-2)9(14)6-8/h3-6H,1-2H3,(H2,15,18). The number of primary amides is 1. The summed E-state index contributed by atoms with van der Waals surface area (Å²) in [6.45, 7) is 1.71. The summed E-state index contributed by atoms with van der Waals surface area (Å²) in [6.07, 6.45) is 0. The lowest BCUT2D eigenvalue weighted by atomic mass is 10.1. The number of aryl methyl sites for hydroxylation is 1. The molecule has 2 N–H and O–H groups in total. The third kappa shape index (κ3) is 2.67. The minimum atomic E-state index is -0.723. The Balaban J connectivity index is 2.52. The summed E-state index contributed by atoms with van der Waals surface area (Å²) in [7, 11) is 1.39. The largest absolute Gasteiger partial charge is 0.494 e. The van der Waals surface area contributed by atoms with E-state index < -0.39 is 11.7 Å². The van der Waals surface area contributed by atoms with Crippen molar-refractivity contribution < 1.29 is 13.9 Å². The van der Waals surface area contributed by atoms with Crippen LogP contribution in [0.25, 0.3) is 11.3 Å². The molecule has 1 amide bonds. The second kappa shape index (κ2) is 5.01. The molecule has 19 heavy (non-hydrogen) atoms. The van der Waals surface area contributed by atoms with Crippen molar-refractivity contribution in [3.05, 3.63) is 41.6 Å². The zero-order valence-corrected chi connectivity index (χ0v) is 10.5. The molecule has 0 spiro atoms. The van der Waals surface area contributed by atoms with Crippen molar-refractivity contribution in [1.82, 2.24) is 9.97 Å². The molecule has 5 nitrogen and oxygen atoms in total. The number of amides is 1. The van der Waals surface area contributed by atoms with E-state index >= 15 is 0 Å². The van der Waals surface area contributed by atoms with Gasteiger partial charge in [0.05, 0.1) is 12.8 Å². The van der Waals surface area contributed by atoms with Crippen LogP contribution in [-0.4, -0.2) is 23.0 Å². The molecule has 0 saturated carbocycles. The summed E-state index contributed by atoms with van der Waals surface area (Å²) < 4.78 is 18.5. The fourth-order valence-corrected chi connectivity index (χ4v) is 1.65.